The molecule has 2 fully saturated rings. The van der Waals surface area contributed by atoms with E-state index in [1.807, 2.05) is 0 Å². The quantitative estimate of drug-likeness (QED) is 0.732. The van der Waals surface area contributed by atoms with Gasteiger partial charge in [-0.25, -0.2) is 0 Å². The molecule has 1 unspecified atom stereocenters. The van der Waals surface area contributed by atoms with Crippen molar-refractivity contribution in [3.63, 3.8) is 0 Å². The Morgan fingerprint density at radius 1 is 1.14 bits per heavy atom. The van der Waals surface area contributed by atoms with Gasteiger partial charge in [-0.1, -0.05) is 12.2 Å². The number of rotatable bonds is 2. The second-order valence-corrected chi connectivity index (χ2v) is 7.14. The molecule has 116 valence electrons. The SMILES string of the molecule is CC1(C)OB(C2=CN(C3CCCCO3)CC=C2)OC1(C)C. The lowest BCUT2D eigenvalue weighted by atomic mass is 9.77. The highest BCUT2D eigenvalue weighted by atomic mass is 16.7. The third kappa shape index (κ3) is 2.92. The Morgan fingerprint density at radius 3 is 2.48 bits per heavy atom. The van der Waals surface area contributed by atoms with Gasteiger partial charge >= 0.3 is 7.12 Å². The maximum atomic E-state index is 6.13. The first kappa shape index (κ1) is 15.1. The highest BCUT2D eigenvalue weighted by Gasteiger charge is 2.52. The predicted octanol–water partition coefficient (Wildman–Crippen LogP) is 2.90. The second kappa shape index (κ2) is 5.45. The van der Waals surface area contributed by atoms with Crippen LogP contribution in [0.25, 0.3) is 0 Å². The van der Waals surface area contributed by atoms with E-state index < -0.39 is 0 Å². The van der Waals surface area contributed by atoms with Crippen LogP contribution in [0.15, 0.2) is 23.8 Å². The lowest BCUT2D eigenvalue weighted by molar-refractivity contribution is -0.0620. The number of allylic oxidation sites excluding steroid dienone is 2. The van der Waals surface area contributed by atoms with Gasteiger partial charge < -0.3 is 18.9 Å². The fraction of sp³-hybridized carbons (Fsp3) is 0.750. The standard InChI is InChI=1S/C16H26BNO3/c1-15(2)16(3,4)21-17(20-15)13-8-7-10-18(12-13)14-9-5-6-11-19-14/h7-8,12,14H,5-6,9-11H2,1-4H3. The summed E-state index contributed by atoms with van der Waals surface area (Å²) in [6.07, 6.45) is 10.1. The molecular formula is C16H26BNO3. The molecule has 0 N–H and O–H groups in total. The topological polar surface area (TPSA) is 30.9 Å². The van der Waals surface area contributed by atoms with Crippen molar-refractivity contribution >= 4 is 7.12 Å². The molecule has 0 spiro atoms. The molecule has 3 rings (SSSR count). The molecule has 3 aliphatic heterocycles. The van der Waals surface area contributed by atoms with Crippen molar-refractivity contribution in [2.75, 3.05) is 13.2 Å². The number of ether oxygens (including phenoxy) is 1. The first-order valence-corrected chi connectivity index (χ1v) is 8.00. The highest BCUT2D eigenvalue weighted by Crippen LogP contribution is 2.39. The molecule has 4 nitrogen and oxygen atoms in total. The third-order valence-corrected chi connectivity index (χ3v) is 4.99. The summed E-state index contributed by atoms with van der Waals surface area (Å²) >= 11 is 0. The van der Waals surface area contributed by atoms with Crippen LogP contribution in [0.1, 0.15) is 47.0 Å². The normalized spacial score (nSPS) is 31.4. The number of hydrogen-bond donors (Lipinski definition) is 0. The summed E-state index contributed by atoms with van der Waals surface area (Å²) < 4.78 is 18.1. The number of hydrogen-bond acceptors (Lipinski definition) is 4. The second-order valence-electron chi connectivity index (χ2n) is 7.14. The fourth-order valence-electron chi connectivity index (χ4n) is 2.90. The van der Waals surface area contributed by atoms with E-state index in [-0.39, 0.29) is 24.5 Å². The summed E-state index contributed by atoms with van der Waals surface area (Å²) in [6, 6.07) is 0. The molecule has 3 heterocycles. The minimum atomic E-state index is -0.296. The predicted molar refractivity (Wildman–Crippen MR) is 83.6 cm³/mol. The Hall–Kier alpha value is -0.775. The van der Waals surface area contributed by atoms with Gasteiger partial charge in [0.15, 0.2) is 0 Å². The molecule has 0 aromatic heterocycles. The molecule has 3 aliphatic rings. The Bertz CT molecular complexity index is 436. The fourth-order valence-corrected chi connectivity index (χ4v) is 2.90. The van der Waals surface area contributed by atoms with Gasteiger partial charge in [0.2, 0.25) is 0 Å². The van der Waals surface area contributed by atoms with Crippen LogP contribution in [0.4, 0.5) is 0 Å². The van der Waals surface area contributed by atoms with Crippen molar-refractivity contribution in [3.05, 3.63) is 23.8 Å². The maximum absolute atomic E-state index is 6.13. The van der Waals surface area contributed by atoms with Crippen molar-refractivity contribution in [2.24, 2.45) is 0 Å². The Labute approximate surface area is 128 Å². The lowest BCUT2D eigenvalue weighted by Crippen LogP contribution is -2.41. The molecule has 0 amide bonds. The molecule has 0 aliphatic carbocycles. The van der Waals surface area contributed by atoms with Crippen LogP contribution in [-0.4, -0.2) is 42.6 Å². The molecule has 0 saturated carbocycles. The smallest absolute Gasteiger partial charge is 0.399 e. The van der Waals surface area contributed by atoms with Gasteiger partial charge in [-0.05, 0) is 52.4 Å². The van der Waals surface area contributed by atoms with E-state index in [0.717, 1.165) is 25.0 Å². The maximum Gasteiger partial charge on any atom is 0.496 e. The summed E-state index contributed by atoms with van der Waals surface area (Å²) in [5.74, 6) is 0. The minimum Gasteiger partial charge on any atom is -0.399 e. The molecule has 0 aromatic rings. The summed E-state index contributed by atoms with van der Waals surface area (Å²) in [4.78, 5) is 2.26. The Morgan fingerprint density at radius 2 is 1.86 bits per heavy atom. The molecule has 1 atom stereocenters. The van der Waals surface area contributed by atoms with Crippen LogP contribution in [0.2, 0.25) is 0 Å². The average molecular weight is 291 g/mol. The van der Waals surface area contributed by atoms with Gasteiger partial charge in [0.1, 0.15) is 6.23 Å². The third-order valence-electron chi connectivity index (χ3n) is 4.99. The van der Waals surface area contributed by atoms with Crippen molar-refractivity contribution in [3.8, 4) is 0 Å². The summed E-state index contributed by atoms with van der Waals surface area (Å²) in [5, 5.41) is 0. The monoisotopic (exact) mass is 291 g/mol. The van der Waals surface area contributed by atoms with Crippen LogP contribution in [0, 0.1) is 0 Å². The molecule has 2 saturated heterocycles. The van der Waals surface area contributed by atoms with Gasteiger partial charge in [0, 0.05) is 19.4 Å². The zero-order chi connectivity index (χ0) is 15.1. The van der Waals surface area contributed by atoms with E-state index >= 15 is 0 Å². The number of nitrogens with zero attached hydrogens (tertiary/aromatic N) is 1. The van der Waals surface area contributed by atoms with Crippen molar-refractivity contribution in [1.29, 1.82) is 0 Å². The minimum absolute atomic E-state index is 0.195. The molecule has 0 radical (unpaired) electrons. The molecular weight excluding hydrogens is 265 g/mol. The van der Waals surface area contributed by atoms with Gasteiger partial charge in [0.25, 0.3) is 0 Å². The molecule has 21 heavy (non-hydrogen) atoms. The van der Waals surface area contributed by atoms with E-state index in [1.165, 1.54) is 12.8 Å². The van der Waals surface area contributed by atoms with Gasteiger partial charge in [-0.2, -0.15) is 0 Å². The van der Waals surface area contributed by atoms with Crippen molar-refractivity contribution < 1.29 is 14.0 Å². The zero-order valence-electron chi connectivity index (χ0n) is 13.6. The summed E-state index contributed by atoms with van der Waals surface area (Å²) in [6.45, 7) is 10.1. The van der Waals surface area contributed by atoms with Crippen LogP contribution in [-0.2, 0) is 14.0 Å². The van der Waals surface area contributed by atoms with Crippen LogP contribution in [0.3, 0.4) is 0 Å². The largest absolute Gasteiger partial charge is 0.496 e. The first-order chi connectivity index (χ1) is 9.89. The molecule has 5 heteroatoms. The van der Waals surface area contributed by atoms with Crippen molar-refractivity contribution in [1.82, 2.24) is 4.90 Å². The van der Waals surface area contributed by atoms with Crippen LogP contribution >= 0.6 is 0 Å². The molecule has 0 aromatic carbocycles. The first-order valence-electron chi connectivity index (χ1n) is 8.00. The summed E-state index contributed by atoms with van der Waals surface area (Å²) in [5.41, 5.74) is 0.487. The Balaban J connectivity index is 1.73. The van der Waals surface area contributed by atoms with Gasteiger partial charge in [-0.15, -0.1) is 0 Å². The Kier molecular flexibility index (Phi) is 3.93. The highest BCUT2D eigenvalue weighted by molar-refractivity contribution is 6.55. The van der Waals surface area contributed by atoms with E-state index in [1.54, 1.807) is 0 Å². The zero-order valence-corrected chi connectivity index (χ0v) is 13.6. The van der Waals surface area contributed by atoms with E-state index in [0.29, 0.717) is 0 Å². The lowest BCUT2D eigenvalue weighted by Gasteiger charge is -2.34. The van der Waals surface area contributed by atoms with E-state index in [9.17, 15) is 0 Å². The summed E-state index contributed by atoms with van der Waals surface area (Å²) in [7, 11) is -0.294. The van der Waals surface area contributed by atoms with E-state index in [4.69, 9.17) is 14.0 Å². The van der Waals surface area contributed by atoms with Gasteiger partial charge in [0.05, 0.1) is 11.2 Å². The van der Waals surface area contributed by atoms with E-state index in [2.05, 4.69) is 50.9 Å². The van der Waals surface area contributed by atoms with Crippen LogP contribution < -0.4 is 0 Å². The van der Waals surface area contributed by atoms with Gasteiger partial charge in [-0.3, -0.25) is 0 Å². The van der Waals surface area contributed by atoms with Crippen molar-refractivity contribution in [2.45, 2.75) is 64.4 Å². The average Bonchev–Trinajstić information content (AvgIpc) is 2.69. The molecule has 0 bridgehead atoms. The van der Waals surface area contributed by atoms with Crippen LogP contribution in [0.5, 0.6) is 0 Å².